The summed E-state index contributed by atoms with van der Waals surface area (Å²) < 4.78 is 0. The van der Waals surface area contributed by atoms with Crippen molar-refractivity contribution in [1.82, 2.24) is 5.32 Å². The Morgan fingerprint density at radius 3 is 2.66 bits per heavy atom. The number of phenolic OH excluding ortho intramolecular Hbond substituents is 1. The molecule has 0 unspecified atom stereocenters. The minimum Gasteiger partial charge on any atom is -0.507 e. The maximum absolute atomic E-state index is 13.6. The number of benzene rings is 3. The molecule has 0 saturated carbocycles. The zero-order chi connectivity index (χ0) is 22.4. The largest absolute Gasteiger partial charge is 0.507 e. The summed E-state index contributed by atoms with van der Waals surface area (Å²) in [5.74, 6) is 0.316. The van der Waals surface area contributed by atoms with Gasteiger partial charge in [-0.25, -0.2) is 0 Å². The molecular weight excluding hydrogens is 424 g/mol. The van der Waals surface area contributed by atoms with Crippen molar-refractivity contribution in [2.45, 2.75) is 18.8 Å². The number of nitrogens with one attached hydrogen (secondary N) is 1. The Hall–Kier alpha value is -3.31. The van der Waals surface area contributed by atoms with Crippen molar-refractivity contribution in [1.29, 1.82) is 0 Å². The zero-order valence-corrected chi connectivity index (χ0v) is 18.4. The summed E-state index contributed by atoms with van der Waals surface area (Å²) in [5.41, 5.74) is 5.03. The molecule has 2 N–H and O–H groups in total. The van der Waals surface area contributed by atoms with Crippen LogP contribution in [0.25, 0.3) is 16.8 Å². The molecule has 6 heteroatoms. The number of fused-ring (bicyclic) bond motifs is 4. The van der Waals surface area contributed by atoms with E-state index in [2.05, 4.69) is 5.32 Å². The Bertz CT molecular complexity index is 1300. The van der Waals surface area contributed by atoms with Gasteiger partial charge >= 0.3 is 0 Å². The molecule has 0 aromatic heterocycles. The van der Waals surface area contributed by atoms with E-state index in [1.54, 1.807) is 18.0 Å². The van der Waals surface area contributed by atoms with Crippen molar-refractivity contribution in [3.8, 4) is 5.75 Å². The number of rotatable bonds is 3. The lowest BCUT2D eigenvalue weighted by molar-refractivity contribution is -0.115. The second-order valence-electron chi connectivity index (χ2n) is 8.30. The van der Waals surface area contributed by atoms with Crippen LogP contribution in [-0.2, 0) is 11.2 Å². The third-order valence-corrected chi connectivity index (χ3v) is 6.85. The third kappa shape index (κ3) is 3.24. The quantitative estimate of drug-likeness (QED) is 0.577. The van der Waals surface area contributed by atoms with Gasteiger partial charge in [0.05, 0.1) is 5.69 Å². The highest BCUT2D eigenvalue weighted by molar-refractivity contribution is 6.19. The molecule has 1 heterocycles. The van der Waals surface area contributed by atoms with Crippen molar-refractivity contribution in [2.24, 2.45) is 0 Å². The molecule has 0 bridgehead atoms. The van der Waals surface area contributed by atoms with Crippen LogP contribution in [0.2, 0.25) is 0 Å². The van der Waals surface area contributed by atoms with Gasteiger partial charge in [-0.2, -0.15) is 0 Å². The predicted molar refractivity (Wildman–Crippen MR) is 128 cm³/mol. The Kier molecular flexibility index (Phi) is 5.14. The second kappa shape index (κ2) is 7.99. The van der Waals surface area contributed by atoms with Gasteiger partial charge in [0.2, 0.25) is 0 Å². The van der Waals surface area contributed by atoms with E-state index in [4.69, 9.17) is 11.6 Å². The number of nitrogens with zero attached hydrogens (tertiary/aromatic N) is 1. The molecular formula is C26H23ClN2O3. The van der Waals surface area contributed by atoms with E-state index >= 15 is 0 Å². The fraction of sp³-hybridized carbons (Fsp3) is 0.231. The molecule has 1 atom stereocenters. The Labute approximate surface area is 191 Å². The molecule has 0 saturated heterocycles. The standard InChI is InChI=1S/C26H23ClN2O3/c1-28-25(31)16-8-6-15-7-9-17(11-18(15)10-16)26(32)29-14-19(13-27)24-21-5-3-2-4-20(21)23(30)12-22(24)29/h2-6,8,10-12,19,30H,7,9,13-14H2,1H3,(H,28,31)/t19-/m1/s1. The normalized spacial score (nSPS) is 17.0. The van der Waals surface area contributed by atoms with E-state index in [0.717, 1.165) is 39.6 Å². The average Bonchev–Trinajstić information content (AvgIpc) is 3.21. The number of aromatic hydroxyl groups is 1. The Balaban J connectivity index is 1.56. The molecule has 1 aliphatic carbocycles. The number of carbonyl (C=O) groups is 2. The molecule has 2 amide bonds. The predicted octanol–water partition coefficient (Wildman–Crippen LogP) is 4.60. The van der Waals surface area contributed by atoms with Crippen LogP contribution in [-0.4, -0.2) is 36.4 Å². The Morgan fingerprint density at radius 2 is 1.91 bits per heavy atom. The van der Waals surface area contributed by atoms with Gasteiger partial charge in [0, 0.05) is 48.0 Å². The van der Waals surface area contributed by atoms with Gasteiger partial charge in [-0.1, -0.05) is 30.3 Å². The average molecular weight is 447 g/mol. The lowest BCUT2D eigenvalue weighted by Crippen LogP contribution is -2.32. The third-order valence-electron chi connectivity index (χ3n) is 6.48. The number of phenols is 1. The van der Waals surface area contributed by atoms with Gasteiger partial charge in [0.1, 0.15) is 5.75 Å². The van der Waals surface area contributed by atoms with Crippen molar-refractivity contribution in [3.63, 3.8) is 0 Å². The maximum atomic E-state index is 13.6. The van der Waals surface area contributed by atoms with E-state index in [0.29, 0.717) is 30.0 Å². The summed E-state index contributed by atoms with van der Waals surface area (Å²) in [6, 6.07) is 15.0. The first-order chi connectivity index (χ1) is 15.5. The van der Waals surface area contributed by atoms with E-state index in [-0.39, 0.29) is 23.5 Å². The van der Waals surface area contributed by atoms with Crippen LogP contribution < -0.4 is 10.2 Å². The highest BCUT2D eigenvalue weighted by atomic mass is 35.5. The first-order valence-corrected chi connectivity index (χ1v) is 11.2. The summed E-state index contributed by atoms with van der Waals surface area (Å²) in [7, 11) is 1.60. The SMILES string of the molecule is CNC(=O)c1ccc2c(c1)C=C(C(=O)N1C[C@@H](CCl)c3c1cc(O)c1ccccc31)CC2. The molecule has 162 valence electrons. The maximum Gasteiger partial charge on any atom is 0.254 e. The first kappa shape index (κ1) is 20.6. The van der Waals surface area contributed by atoms with Gasteiger partial charge in [0.25, 0.3) is 11.8 Å². The van der Waals surface area contributed by atoms with E-state index < -0.39 is 0 Å². The van der Waals surface area contributed by atoms with Gasteiger partial charge in [-0.05, 0) is 53.1 Å². The van der Waals surface area contributed by atoms with Crippen LogP contribution in [0.15, 0.2) is 54.1 Å². The van der Waals surface area contributed by atoms with Gasteiger partial charge in [0.15, 0.2) is 0 Å². The van der Waals surface area contributed by atoms with Crippen LogP contribution in [0.5, 0.6) is 5.75 Å². The zero-order valence-electron chi connectivity index (χ0n) is 17.7. The second-order valence-corrected chi connectivity index (χ2v) is 8.61. The summed E-state index contributed by atoms with van der Waals surface area (Å²) in [5, 5.41) is 15.0. The van der Waals surface area contributed by atoms with Crippen LogP contribution >= 0.6 is 11.6 Å². The smallest absolute Gasteiger partial charge is 0.254 e. The lowest BCUT2D eigenvalue weighted by atomic mass is 9.90. The summed E-state index contributed by atoms with van der Waals surface area (Å²) in [6.07, 6.45) is 3.26. The Morgan fingerprint density at radius 1 is 1.12 bits per heavy atom. The lowest BCUT2D eigenvalue weighted by Gasteiger charge is -2.23. The van der Waals surface area contributed by atoms with E-state index in [1.165, 1.54) is 0 Å². The number of aryl methyl sites for hydroxylation is 1. The molecule has 0 fully saturated rings. The highest BCUT2D eigenvalue weighted by Crippen LogP contribution is 2.46. The van der Waals surface area contributed by atoms with Crippen molar-refractivity contribution < 1.29 is 14.7 Å². The van der Waals surface area contributed by atoms with Gasteiger partial charge in [-0.15, -0.1) is 11.6 Å². The summed E-state index contributed by atoms with van der Waals surface area (Å²) in [6.45, 7) is 0.480. The molecule has 1 aliphatic heterocycles. The van der Waals surface area contributed by atoms with Gasteiger partial charge in [-0.3, -0.25) is 9.59 Å². The molecule has 0 spiro atoms. The number of carbonyl (C=O) groups excluding carboxylic acids is 2. The molecule has 3 aromatic rings. The monoisotopic (exact) mass is 446 g/mol. The minimum atomic E-state index is -0.152. The number of amides is 2. The van der Waals surface area contributed by atoms with Crippen molar-refractivity contribution in [2.75, 3.05) is 24.4 Å². The topological polar surface area (TPSA) is 69.6 Å². The fourth-order valence-corrected chi connectivity index (χ4v) is 5.11. The number of alkyl halides is 1. The van der Waals surface area contributed by atoms with Crippen LogP contribution in [0.1, 0.15) is 39.4 Å². The van der Waals surface area contributed by atoms with Gasteiger partial charge < -0.3 is 15.3 Å². The number of halogens is 1. The highest BCUT2D eigenvalue weighted by Gasteiger charge is 2.35. The molecule has 2 aliphatic rings. The van der Waals surface area contributed by atoms with Crippen LogP contribution in [0.4, 0.5) is 5.69 Å². The number of hydrogen-bond acceptors (Lipinski definition) is 3. The van der Waals surface area contributed by atoms with Crippen LogP contribution in [0.3, 0.4) is 0 Å². The molecule has 5 rings (SSSR count). The van der Waals surface area contributed by atoms with E-state index in [9.17, 15) is 14.7 Å². The summed E-state index contributed by atoms with van der Waals surface area (Å²) in [4.78, 5) is 27.4. The molecule has 5 nitrogen and oxygen atoms in total. The molecule has 0 radical (unpaired) electrons. The van der Waals surface area contributed by atoms with Crippen molar-refractivity contribution in [3.05, 3.63) is 76.4 Å². The molecule has 3 aromatic carbocycles. The first-order valence-electron chi connectivity index (χ1n) is 10.7. The number of anilines is 1. The summed E-state index contributed by atoms with van der Waals surface area (Å²) >= 11 is 6.31. The minimum absolute atomic E-state index is 0.00236. The molecule has 32 heavy (non-hydrogen) atoms. The van der Waals surface area contributed by atoms with Crippen molar-refractivity contribution >= 4 is 46.0 Å². The number of hydrogen-bond donors (Lipinski definition) is 2. The van der Waals surface area contributed by atoms with Crippen LogP contribution in [0, 0.1) is 0 Å². The van der Waals surface area contributed by atoms with E-state index in [1.807, 2.05) is 48.5 Å². The fourth-order valence-electron chi connectivity index (χ4n) is 4.86.